The zero-order chi connectivity index (χ0) is 27.5. The van der Waals surface area contributed by atoms with Gasteiger partial charge >= 0.3 is 0 Å². The lowest BCUT2D eigenvalue weighted by atomic mass is 9.99. The third-order valence-corrected chi connectivity index (χ3v) is 7.21. The predicted octanol–water partition coefficient (Wildman–Crippen LogP) is 4.69. The summed E-state index contributed by atoms with van der Waals surface area (Å²) >= 11 is 6.32. The molecule has 1 fully saturated rings. The molecule has 0 spiro atoms. The van der Waals surface area contributed by atoms with Crippen molar-refractivity contribution in [2.24, 2.45) is 5.73 Å². The highest BCUT2D eigenvalue weighted by atomic mass is 35.5. The Labute approximate surface area is 232 Å². The van der Waals surface area contributed by atoms with Crippen LogP contribution >= 0.6 is 11.6 Å². The fourth-order valence-electron chi connectivity index (χ4n) is 4.86. The highest BCUT2D eigenvalue weighted by molar-refractivity contribution is 6.31. The third kappa shape index (κ3) is 5.75. The molecule has 1 amide bonds. The van der Waals surface area contributed by atoms with Crippen molar-refractivity contribution >= 4 is 29.1 Å². The van der Waals surface area contributed by atoms with Gasteiger partial charge in [-0.15, -0.1) is 0 Å². The van der Waals surface area contributed by atoms with Crippen molar-refractivity contribution in [1.82, 2.24) is 19.9 Å². The Bertz CT molecular complexity index is 1590. The van der Waals surface area contributed by atoms with E-state index in [0.717, 1.165) is 48.3 Å². The maximum atomic E-state index is 12.9. The molecule has 1 aliphatic heterocycles. The summed E-state index contributed by atoms with van der Waals surface area (Å²) in [6, 6.07) is 15.5. The number of carbonyl (C=O) groups excluding carboxylic acids is 1. The van der Waals surface area contributed by atoms with Crippen LogP contribution < -0.4 is 16.8 Å². The van der Waals surface area contributed by atoms with Gasteiger partial charge in [-0.25, -0.2) is 9.97 Å². The summed E-state index contributed by atoms with van der Waals surface area (Å²) in [4.78, 5) is 27.0. The molecule has 0 atom stereocenters. The van der Waals surface area contributed by atoms with Gasteiger partial charge in [0.15, 0.2) is 0 Å². The molecule has 0 bridgehead atoms. The molecule has 5 rings (SSSR count). The fraction of sp³-hybridized carbons (Fsp3) is 0.233. The van der Waals surface area contributed by atoms with Gasteiger partial charge in [0.25, 0.3) is 5.91 Å². The first-order chi connectivity index (χ1) is 18.8. The van der Waals surface area contributed by atoms with Crippen LogP contribution in [0.2, 0.25) is 5.02 Å². The number of carbonyl (C=O) groups is 1. The Hall–Kier alpha value is -4.32. The number of anilines is 2. The summed E-state index contributed by atoms with van der Waals surface area (Å²) in [7, 11) is 2.14. The molecule has 1 saturated heterocycles. The maximum absolute atomic E-state index is 12.9. The number of nitrogens with two attached hydrogens (primary N) is 2. The zero-order valence-electron chi connectivity index (χ0n) is 21.9. The number of rotatable bonds is 5. The lowest BCUT2D eigenvalue weighted by Gasteiger charge is -2.30. The summed E-state index contributed by atoms with van der Waals surface area (Å²) in [6.07, 6.45) is 3.68. The average molecular weight is 540 g/mol. The summed E-state index contributed by atoms with van der Waals surface area (Å²) in [5.41, 5.74) is 17.6. The monoisotopic (exact) mass is 539 g/mol. The number of H-pyrrole nitrogens is 1. The Morgan fingerprint density at radius 2 is 1.90 bits per heavy atom. The maximum Gasteiger partial charge on any atom is 0.252 e. The topological polar surface area (TPSA) is 126 Å². The zero-order valence-corrected chi connectivity index (χ0v) is 22.6. The third-order valence-electron chi connectivity index (χ3n) is 6.97. The molecule has 2 aromatic heterocycles. The number of likely N-dealkylation sites (tertiary alicyclic amines) is 1. The molecule has 2 aromatic carbocycles. The van der Waals surface area contributed by atoms with Crippen molar-refractivity contribution < 1.29 is 4.79 Å². The molecular formula is C30H30ClN7O. The number of amides is 1. The molecule has 0 radical (unpaired) electrons. The summed E-state index contributed by atoms with van der Waals surface area (Å²) in [5.74, 6) is 6.02. The van der Waals surface area contributed by atoms with Gasteiger partial charge in [-0.3, -0.25) is 4.79 Å². The predicted molar refractivity (Wildman–Crippen MR) is 156 cm³/mol. The standard InChI is InChI=1S/C30H30ClN7O/c1-18-7-9-20(31)17-23(18)28-26(29(32)39)22(27(37-28)25-11-14-34-30(33)36-25)10-8-19-5-3-4-6-24(19)35-21-12-15-38(2)16-13-21/h3-7,9,11,14,17,21,35,37H,12-13,15-16H2,1-2H3,(H2,32,39)(H2,33,34,36). The van der Waals surface area contributed by atoms with E-state index in [4.69, 9.17) is 23.1 Å². The van der Waals surface area contributed by atoms with Gasteiger partial charge in [-0.05, 0) is 75.8 Å². The lowest BCUT2D eigenvalue weighted by molar-refractivity contribution is 0.100. The first-order valence-corrected chi connectivity index (χ1v) is 13.1. The second-order valence-electron chi connectivity index (χ2n) is 9.77. The minimum atomic E-state index is -0.615. The van der Waals surface area contributed by atoms with Crippen LogP contribution in [0.1, 0.15) is 39.9 Å². The molecule has 3 heterocycles. The van der Waals surface area contributed by atoms with Crippen molar-refractivity contribution in [3.63, 3.8) is 0 Å². The van der Waals surface area contributed by atoms with Crippen LogP contribution in [0.25, 0.3) is 22.6 Å². The first kappa shape index (κ1) is 26.3. The van der Waals surface area contributed by atoms with Crippen LogP contribution in [0.3, 0.4) is 0 Å². The molecule has 198 valence electrons. The van der Waals surface area contributed by atoms with E-state index < -0.39 is 5.91 Å². The molecular weight excluding hydrogens is 510 g/mol. The molecule has 1 aliphatic rings. The van der Waals surface area contributed by atoms with E-state index >= 15 is 0 Å². The van der Waals surface area contributed by atoms with Crippen LogP contribution in [-0.4, -0.2) is 51.9 Å². The number of piperidine rings is 1. The lowest BCUT2D eigenvalue weighted by Crippen LogP contribution is -2.36. The molecule has 9 heteroatoms. The van der Waals surface area contributed by atoms with E-state index in [-0.39, 0.29) is 11.5 Å². The second kappa shape index (κ2) is 11.2. The number of hydrogen-bond acceptors (Lipinski definition) is 6. The number of nitrogens with one attached hydrogen (secondary N) is 2. The minimum Gasteiger partial charge on any atom is -0.381 e. The summed E-state index contributed by atoms with van der Waals surface area (Å²) in [5, 5.41) is 4.20. The van der Waals surface area contributed by atoms with E-state index in [2.05, 4.69) is 44.1 Å². The number of aromatic amines is 1. The molecule has 0 saturated carbocycles. The second-order valence-corrected chi connectivity index (χ2v) is 10.2. The molecule has 39 heavy (non-hydrogen) atoms. The van der Waals surface area contributed by atoms with Crippen molar-refractivity contribution in [3.05, 3.63) is 82.0 Å². The van der Waals surface area contributed by atoms with Gasteiger partial charge in [-0.1, -0.05) is 41.6 Å². The number of hydrogen-bond donors (Lipinski definition) is 4. The number of halogens is 1. The number of nitrogens with zero attached hydrogens (tertiary/aromatic N) is 3. The number of aromatic nitrogens is 3. The Morgan fingerprint density at radius 3 is 2.64 bits per heavy atom. The number of benzene rings is 2. The van der Waals surface area contributed by atoms with E-state index in [9.17, 15) is 4.79 Å². The van der Waals surface area contributed by atoms with Crippen LogP contribution in [0.4, 0.5) is 11.6 Å². The van der Waals surface area contributed by atoms with Gasteiger partial charge in [0.2, 0.25) is 5.95 Å². The molecule has 4 aromatic rings. The van der Waals surface area contributed by atoms with Crippen molar-refractivity contribution in [1.29, 1.82) is 0 Å². The van der Waals surface area contributed by atoms with Crippen molar-refractivity contribution in [3.8, 4) is 34.5 Å². The highest BCUT2D eigenvalue weighted by Crippen LogP contribution is 2.35. The smallest absolute Gasteiger partial charge is 0.252 e. The van der Waals surface area contributed by atoms with Crippen LogP contribution in [0, 0.1) is 18.8 Å². The SMILES string of the molecule is Cc1ccc(Cl)cc1-c1[nH]c(-c2ccnc(N)n2)c(C#Cc2ccccc2NC2CCN(C)CC2)c1C(N)=O. The average Bonchev–Trinajstić information content (AvgIpc) is 3.30. The largest absolute Gasteiger partial charge is 0.381 e. The van der Waals surface area contributed by atoms with Gasteiger partial charge in [0.05, 0.1) is 33.9 Å². The van der Waals surface area contributed by atoms with Crippen LogP contribution in [0.15, 0.2) is 54.7 Å². The highest BCUT2D eigenvalue weighted by Gasteiger charge is 2.25. The van der Waals surface area contributed by atoms with E-state index in [0.29, 0.717) is 33.7 Å². The Kier molecular flexibility index (Phi) is 7.55. The Morgan fingerprint density at radius 1 is 1.13 bits per heavy atom. The van der Waals surface area contributed by atoms with Gasteiger partial charge in [-0.2, -0.15) is 0 Å². The van der Waals surface area contributed by atoms with E-state index in [1.807, 2.05) is 37.3 Å². The quantitative estimate of drug-likeness (QED) is 0.273. The molecule has 8 nitrogen and oxygen atoms in total. The Balaban J connectivity index is 1.65. The summed E-state index contributed by atoms with van der Waals surface area (Å²) < 4.78 is 0. The molecule has 0 unspecified atom stereocenters. The van der Waals surface area contributed by atoms with Gasteiger partial charge in [0, 0.05) is 28.4 Å². The minimum absolute atomic E-state index is 0.106. The number of para-hydroxylation sites is 1. The van der Waals surface area contributed by atoms with E-state index in [1.165, 1.54) is 0 Å². The van der Waals surface area contributed by atoms with Crippen molar-refractivity contribution in [2.45, 2.75) is 25.8 Å². The first-order valence-electron chi connectivity index (χ1n) is 12.8. The molecule has 0 aliphatic carbocycles. The molecule has 6 N–H and O–H groups in total. The number of nitrogen functional groups attached to an aromatic ring is 1. The van der Waals surface area contributed by atoms with E-state index in [1.54, 1.807) is 24.4 Å². The fourth-order valence-corrected chi connectivity index (χ4v) is 5.03. The van der Waals surface area contributed by atoms with Crippen molar-refractivity contribution in [2.75, 3.05) is 31.2 Å². The normalized spacial score (nSPS) is 14.0. The summed E-state index contributed by atoms with van der Waals surface area (Å²) in [6.45, 7) is 4.04. The van der Waals surface area contributed by atoms with Crippen LogP contribution in [0.5, 0.6) is 0 Å². The van der Waals surface area contributed by atoms with Gasteiger partial charge in [0.1, 0.15) is 0 Å². The van der Waals surface area contributed by atoms with Gasteiger partial charge < -0.3 is 26.7 Å². The van der Waals surface area contributed by atoms with Crippen LogP contribution in [-0.2, 0) is 0 Å². The number of aryl methyl sites for hydroxylation is 1. The number of primary amides is 1.